The predicted molar refractivity (Wildman–Crippen MR) is 80.0 cm³/mol. The van der Waals surface area contributed by atoms with Crippen LogP contribution in [0.4, 0.5) is 0 Å². The minimum atomic E-state index is 0.185. The van der Waals surface area contributed by atoms with Gasteiger partial charge in [0.05, 0.1) is 31.2 Å². The number of rotatable bonds is 4. The minimum absolute atomic E-state index is 0.185. The first-order valence-electron chi connectivity index (χ1n) is 7.95. The van der Waals surface area contributed by atoms with Crippen LogP contribution in [0.2, 0.25) is 0 Å². The maximum atomic E-state index is 12.0. The molecule has 0 aromatic heterocycles. The molecule has 20 heavy (non-hydrogen) atoms. The van der Waals surface area contributed by atoms with Gasteiger partial charge in [-0.25, -0.2) is 0 Å². The van der Waals surface area contributed by atoms with Gasteiger partial charge in [-0.3, -0.25) is 4.79 Å². The van der Waals surface area contributed by atoms with E-state index in [1.807, 2.05) is 11.8 Å². The molecule has 1 aliphatic heterocycles. The number of fused-ring (bicyclic) bond motifs is 1. The summed E-state index contributed by atoms with van der Waals surface area (Å²) in [7, 11) is 0. The van der Waals surface area contributed by atoms with Crippen LogP contribution in [-0.4, -0.2) is 48.4 Å². The van der Waals surface area contributed by atoms with E-state index in [0.717, 1.165) is 25.9 Å². The third-order valence-electron chi connectivity index (χ3n) is 4.60. The van der Waals surface area contributed by atoms with Crippen LogP contribution in [0.3, 0.4) is 0 Å². The van der Waals surface area contributed by atoms with Crippen LogP contribution < -0.4 is 5.32 Å². The van der Waals surface area contributed by atoms with Gasteiger partial charge in [0.25, 0.3) is 0 Å². The summed E-state index contributed by atoms with van der Waals surface area (Å²) in [5.41, 5.74) is 0. The molecule has 1 amide bonds. The van der Waals surface area contributed by atoms with Crippen molar-refractivity contribution in [2.75, 3.05) is 19.0 Å². The number of amides is 1. The molecule has 0 bridgehead atoms. The zero-order valence-electron chi connectivity index (χ0n) is 12.0. The summed E-state index contributed by atoms with van der Waals surface area (Å²) >= 11 is 1.84. The molecule has 3 atom stereocenters. The van der Waals surface area contributed by atoms with Gasteiger partial charge < -0.3 is 14.8 Å². The topological polar surface area (TPSA) is 47.6 Å². The van der Waals surface area contributed by atoms with Crippen molar-refractivity contribution < 1.29 is 14.3 Å². The van der Waals surface area contributed by atoms with Gasteiger partial charge in [0.15, 0.2) is 0 Å². The highest BCUT2D eigenvalue weighted by Gasteiger charge is 2.34. The van der Waals surface area contributed by atoms with E-state index in [0.29, 0.717) is 17.6 Å². The van der Waals surface area contributed by atoms with Crippen molar-refractivity contribution in [3.63, 3.8) is 0 Å². The molecule has 3 unspecified atom stereocenters. The predicted octanol–water partition coefficient (Wildman–Crippen LogP) is 2.11. The molecular formula is C15H25NO3S. The van der Waals surface area contributed by atoms with Gasteiger partial charge in [-0.15, -0.1) is 11.8 Å². The lowest BCUT2D eigenvalue weighted by Crippen LogP contribution is -2.49. The number of ether oxygens (including phenoxy) is 2. The van der Waals surface area contributed by atoms with Gasteiger partial charge in [-0.1, -0.05) is 12.8 Å². The van der Waals surface area contributed by atoms with Crippen molar-refractivity contribution in [2.45, 2.75) is 68.4 Å². The van der Waals surface area contributed by atoms with Crippen molar-refractivity contribution in [2.24, 2.45) is 0 Å². The van der Waals surface area contributed by atoms with E-state index in [1.54, 1.807) is 0 Å². The number of hydrogen-bond acceptors (Lipinski definition) is 4. The molecule has 0 aromatic rings. The Hall–Kier alpha value is -0.260. The Balaban J connectivity index is 1.37. The molecule has 4 nitrogen and oxygen atoms in total. The summed E-state index contributed by atoms with van der Waals surface area (Å²) in [6, 6.07) is 0.273. The summed E-state index contributed by atoms with van der Waals surface area (Å²) in [6.07, 6.45) is 8.62. The van der Waals surface area contributed by atoms with E-state index in [-0.39, 0.29) is 24.2 Å². The lowest BCUT2D eigenvalue weighted by molar-refractivity contribution is -0.158. The number of carbonyl (C=O) groups excluding carboxylic acids is 1. The molecule has 0 spiro atoms. The molecule has 114 valence electrons. The molecule has 3 rings (SSSR count). The first-order valence-corrected chi connectivity index (χ1v) is 9.00. The van der Waals surface area contributed by atoms with Crippen molar-refractivity contribution >= 4 is 17.7 Å². The standard InChI is InChI=1S/C15H25NO3S/c17-15(10-20-12-3-1-2-4-12)16-11-5-6-13-14(9-11)19-8-7-18-13/h11-14H,1-10H2,(H,16,17). The normalized spacial score (nSPS) is 34.7. The molecule has 1 saturated heterocycles. The van der Waals surface area contributed by atoms with Crippen LogP contribution in [0.25, 0.3) is 0 Å². The Morgan fingerprint density at radius 2 is 1.80 bits per heavy atom. The van der Waals surface area contributed by atoms with Crippen LogP contribution in [0, 0.1) is 0 Å². The molecule has 0 aromatic carbocycles. The average Bonchev–Trinajstić information content (AvgIpc) is 2.98. The van der Waals surface area contributed by atoms with Crippen molar-refractivity contribution in [1.29, 1.82) is 0 Å². The molecule has 3 fully saturated rings. The fourth-order valence-electron chi connectivity index (χ4n) is 3.52. The summed E-state index contributed by atoms with van der Waals surface area (Å²) in [6.45, 7) is 1.41. The lowest BCUT2D eigenvalue weighted by atomic mass is 9.89. The second kappa shape index (κ2) is 7.14. The van der Waals surface area contributed by atoms with Crippen LogP contribution >= 0.6 is 11.8 Å². The molecule has 2 aliphatic carbocycles. The van der Waals surface area contributed by atoms with E-state index in [4.69, 9.17) is 9.47 Å². The van der Waals surface area contributed by atoms with Gasteiger partial charge in [-0.2, -0.15) is 0 Å². The fourth-order valence-corrected chi connectivity index (χ4v) is 4.65. The molecular weight excluding hydrogens is 274 g/mol. The van der Waals surface area contributed by atoms with Gasteiger partial charge in [0.1, 0.15) is 0 Å². The first kappa shape index (κ1) is 14.7. The van der Waals surface area contributed by atoms with E-state index >= 15 is 0 Å². The summed E-state index contributed by atoms with van der Waals surface area (Å²) < 4.78 is 11.5. The minimum Gasteiger partial charge on any atom is -0.373 e. The van der Waals surface area contributed by atoms with Crippen LogP contribution in [0.1, 0.15) is 44.9 Å². The average molecular weight is 299 g/mol. The van der Waals surface area contributed by atoms with Gasteiger partial charge >= 0.3 is 0 Å². The van der Waals surface area contributed by atoms with Gasteiger partial charge in [0, 0.05) is 11.3 Å². The number of hydrogen-bond donors (Lipinski definition) is 1. The molecule has 3 aliphatic rings. The Morgan fingerprint density at radius 1 is 1.05 bits per heavy atom. The monoisotopic (exact) mass is 299 g/mol. The molecule has 1 heterocycles. The number of thioether (sulfide) groups is 1. The summed E-state index contributed by atoms with van der Waals surface area (Å²) in [5, 5.41) is 3.89. The Morgan fingerprint density at radius 3 is 2.60 bits per heavy atom. The summed E-state index contributed by atoms with van der Waals surface area (Å²) in [4.78, 5) is 12.0. The molecule has 5 heteroatoms. The van der Waals surface area contributed by atoms with Crippen molar-refractivity contribution in [1.82, 2.24) is 5.32 Å². The largest absolute Gasteiger partial charge is 0.373 e. The van der Waals surface area contributed by atoms with E-state index < -0.39 is 0 Å². The lowest BCUT2D eigenvalue weighted by Gasteiger charge is -2.39. The Labute approximate surface area is 125 Å². The van der Waals surface area contributed by atoms with Crippen molar-refractivity contribution in [3.8, 4) is 0 Å². The SMILES string of the molecule is O=C(CSC1CCCC1)NC1CCC2OCCOC2C1. The van der Waals surface area contributed by atoms with E-state index in [2.05, 4.69) is 5.32 Å². The first-order chi connectivity index (χ1) is 9.81. The highest BCUT2D eigenvalue weighted by Crippen LogP contribution is 2.30. The third kappa shape index (κ3) is 3.89. The van der Waals surface area contributed by atoms with Crippen LogP contribution in [0.5, 0.6) is 0 Å². The van der Waals surface area contributed by atoms with Crippen molar-refractivity contribution in [3.05, 3.63) is 0 Å². The Bertz CT molecular complexity index is 333. The smallest absolute Gasteiger partial charge is 0.230 e. The third-order valence-corrected chi connectivity index (χ3v) is 5.97. The highest BCUT2D eigenvalue weighted by molar-refractivity contribution is 8.00. The van der Waals surface area contributed by atoms with Crippen LogP contribution in [-0.2, 0) is 14.3 Å². The maximum absolute atomic E-state index is 12.0. The van der Waals surface area contributed by atoms with E-state index in [9.17, 15) is 4.79 Å². The highest BCUT2D eigenvalue weighted by atomic mass is 32.2. The zero-order chi connectivity index (χ0) is 13.8. The number of nitrogens with one attached hydrogen (secondary N) is 1. The quantitative estimate of drug-likeness (QED) is 0.864. The Kier molecular flexibility index (Phi) is 5.24. The van der Waals surface area contributed by atoms with Gasteiger partial charge in [-0.05, 0) is 32.1 Å². The molecule has 2 saturated carbocycles. The molecule has 0 radical (unpaired) electrons. The van der Waals surface area contributed by atoms with E-state index in [1.165, 1.54) is 25.7 Å². The second-order valence-corrected chi connectivity index (χ2v) is 7.40. The summed E-state index contributed by atoms with van der Waals surface area (Å²) in [5.74, 6) is 0.814. The fraction of sp³-hybridized carbons (Fsp3) is 0.933. The second-order valence-electron chi connectivity index (χ2n) is 6.11. The van der Waals surface area contributed by atoms with Gasteiger partial charge in [0.2, 0.25) is 5.91 Å². The maximum Gasteiger partial charge on any atom is 0.230 e. The zero-order valence-corrected chi connectivity index (χ0v) is 12.8. The van der Waals surface area contributed by atoms with Crippen LogP contribution in [0.15, 0.2) is 0 Å². The molecule has 1 N–H and O–H groups in total. The number of carbonyl (C=O) groups is 1.